The summed E-state index contributed by atoms with van der Waals surface area (Å²) in [6, 6.07) is 6.64. The van der Waals surface area contributed by atoms with Gasteiger partial charge in [0.15, 0.2) is 0 Å². The molecule has 1 atom stereocenters. The lowest BCUT2D eigenvalue weighted by Gasteiger charge is -2.16. The van der Waals surface area contributed by atoms with Crippen LogP contribution in [0.5, 0.6) is 5.88 Å². The average molecular weight is 302 g/mol. The van der Waals surface area contributed by atoms with E-state index in [2.05, 4.69) is 23.3 Å². The van der Waals surface area contributed by atoms with Crippen molar-refractivity contribution in [2.24, 2.45) is 0 Å². The number of nitrogens with zero attached hydrogens (tertiary/aromatic N) is 1. The van der Waals surface area contributed by atoms with Crippen LogP contribution in [0.4, 0.5) is 5.69 Å². The van der Waals surface area contributed by atoms with E-state index in [1.807, 2.05) is 30.4 Å². The van der Waals surface area contributed by atoms with Crippen LogP contribution >= 0.6 is 11.3 Å². The molecule has 2 aromatic rings. The van der Waals surface area contributed by atoms with Crippen molar-refractivity contribution < 1.29 is 4.74 Å². The van der Waals surface area contributed by atoms with Crippen molar-refractivity contribution >= 4 is 17.0 Å². The molecular weight excluding hydrogens is 280 g/mol. The van der Waals surface area contributed by atoms with Crippen LogP contribution in [0.2, 0.25) is 0 Å². The van der Waals surface area contributed by atoms with Crippen molar-refractivity contribution in [1.29, 1.82) is 0 Å². The van der Waals surface area contributed by atoms with Crippen LogP contribution in [0.1, 0.15) is 48.0 Å². The molecule has 4 heteroatoms. The lowest BCUT2D eigenvalue weighted by molar-refractivity contribution is 0.328. The Bertz CT molecular complexity index is 585. The average Bonchev–Trinajstić information content (AvgIpc) is 2.93. The Morgan fingerprint density at radius 2 is 2.24 bits per heavy atom. The molecule has 0 spiro atoms. The van der Waals surface area contributed by atoms with Gasteiger partial charge < -0.3 is 10.1 Å². The van der Waals surface area contributed by atoms with Crippen LogP contribution in [-0.2, 0) is 12.8 Å². The number of pyridine rings is 1. The summed E-state index contributed by atoms with van der Waals surface area (Å²) in [4.78, 5) is 7.29. The first-order valence-electron chi connectivity index (χ1n) is 7.73. The molecule has 0 radical (unpaired) electrons. The topological polar surface area (TPSA) is 34.1 Å². The lowest BCUT2D eigenvalue weighted by Crippen LogP contribution is -2.07. The quantitative estimate of drug-likeness (QED) is 0.877. The molecule has 21 heavy (non-hydrogen) atoms. The van der Waals surface area contributed by atoms with Gasteiger partial charge in [0, 0.05) is 16.0 Å². The molecule has 0 saturated heterocycles. The van der Waals surface area contributed by atoms with Crippen LogP contribution in [0, 0.1) is 0 Å². The first-order valence-corrected chi connectivity index (χ1v) is 8.55. The normalized spacial score (nSPS) is 15.3. The highest BCUT2D eigenvalue weighted by atomic mass is 32.1. The zero-order valence-corrected chi connectivity index (χ0v) is 13.5. The lowest BCUT2D eigenvalue weighted by atomic mass is 9.99. The second-order valence-corrected chi connectivity index (χ2v) is 6.63. The largest absolute Gasteiger partial charge is 0.476 e. The molecule has 1 aliphatic carbocycles. The summed E-state index contributed by atoms with van der Waals surface area (Å²) in [7, 11) is 0. The maximum Gasteiger partial charge on any atom is 0.237 e. The number of fused-ring (bicyclic) bond motifs is 1. The molecule has 3 nitrogen and oxygen atoms in total. The molecular formula is C17H22N2OS. The van der Waals surface area contributed by atoms with Crippen LogP contribution in [0.3, 0.4) is 0 Å². The molecule has 0 fully saturated rings. The number of aryl methyl sites for hydroxylation is 2. The molecule has 0 aromatic carbocycles. The Morgan fingerprint density at radius 3 is 3.05 bits per heavy atom. The zero-order chi connectivity index (χ0) is 14.7. The molecule has 0 aliphatic heterocycles. The summed E-state index contributed by atoms with van der Waals surface area (Å²) in [6.45, 7) is 4.82. The fourth-order valence-electron chi connectivity index (χ4n) is 2.78. The number of rotatable bonds is 5. The van der Waals surface area contributed by atoms with Gasteiger partial charge in [-0.3, -0.25) is 0 Å². The summed E-state index contributed by atoms with van der Waals surface area (Å²) in [5, 5.41) is 3.54. The minimum Gasteiger partial charge on any atom is -0.476 e. The van der Waals surface area contributed by atoms with Crippen molar-refractivity contribution in [2.75, 3.05) is 11.9 Å². The Hall–Kier alpha value is -1.55. The summed E-state index contributed by atoms with van der Waals surface area (Å²) in [5.41, 5.74) is 2.53. The molecule has 2 aromatic heterocycles. The van der Waals surface area contributed by atoms with Crippen molar-refractivity contribution in [3.8, 4) is 5.88 Å². The molecule has 0 amide bonds. The van der Waals surface area contributed by atoms with Crippen molar-refractivity contribution in [2.45, 2.75) is 45.6 Å². The number of nitrogens with one attached hydrogen (secondary N) is 1. The van der Waals surface area contributed by atoms with Crippen molar-refractivity contribution in [3.63, 3.8) is 0 Å². The second-order valence-electron chi connectivity index (χ2n) is 5.46. The van der Waals surface area contributed by atoms with E-state index in [4.69, 9.17) is 4.74 Å². The van der Waals surface area contributed by atoms with Gasteiger partial charge in [-0.1, -0.05) is 0 Å². The fourth-order valence-corrected chi connectivity index (χ4v) is 4.04. The van der Waals surface area contributed by atoms with Crippen LogP contribution in [0.25, 0.3) is 0 Å². The third kappa shape index (κ3) is 3.21. The second kappa shape index (κ2) is 6.48. The van der Waals surface area contributed by atoms with E-state index in [0.717, 1.165) is 5.69 Å². The SMILES string of the molecule is CCOc1ncccc1NC(C)c1cc2c(s1)CCCC2. The highest BCUT2D eigenvalue weighted by Crippen LogP contribution is 2.35. The van der Waals surface area contributed by atoms with Gasteiger partial charge in [0.05, 0.1) is 18.3 Å². The molecule has 1 unspecified atom stereocenters. The number of anilines is 1. The van der Waals surface area contributed by atoms with Gasteiger partial charge >= 0.3 is 0 Å². The Morgan fingerprint density at radius 1 is 1.38 bits per heavy atom. The highest BCUT2D eigenvalue weighted by Gasteiger charge is 2.17. The van der Waals surface area contributed by atoms with E-state index in [9.17, 15) is 0 Å². The summed E-state index contributed by atoms with van der Waals surface area (Å²) in [6.07, 6.45) is 6.94. The summed E-state index contributed by atoms with van der Waals surface area (Å²) >= 11 is 1.96. The molecule has 3 rings (SSSR count). The van der Waals surface area contributed by atoms with E-state index in [0.29, 0.717) is 12.5 Å². The van der Waals surface area contributed by atoms with E-state index in [-0.39, 0.29) is 6.04 Å². The van der Waals surface area contributed by atoms with Crippen LogP contribution < -0.4 is 10.1 Å². The van der Waals surface area contributed by atoms with Gasteiger partial charge in [0.2, 0.25) is 5.88 Å². The number of hydrogen-bond acceptors (Lipinski definition) is 4. The zero-order valence-electron chi connectivity index (χ0n) is 12.7. The van der Waals surface area contributed by atoms with Crippen molar-refractivity contribution in [3.05, 3.63) is 39.7 Å². The molecule has 0 saturated carbocycles. The smallest absolute Gasteiger partial charge is 0.237 e. The molecule has 2 heterocycles. The summed E-state index contributed by atoms with van der Waals surface area (Å²) in [5.74, 6) is 0.688. The maximum atomic E-state index is 5.58. The Balaban J connectivity index is 1.77. The monoisotopic (exact) mass is 302 g/mol. The third-order valence-corrected chi connectivity index (χ3v) is 5.29. The number of hydrogen-bond donors (Lipinski definition) is 1. The van der Waals surface area contributed by atoms with E-state index in [1.54, 1.807) is 16.6 Å². The van der Waals surface area contributed by atoms with Gasteiger partial charge in [-0.15, -0.1) is 11.3 Å². The molecule has 0 bridgehead atoms. The van der Waals surface area contributed by atoms with Crippen LogP contribution in [-0.4, -0.2) is 11.6 Å². The van der Waals surface area contributed by atoms with Gasteiger partial charge in [-0.25, -0.2) is 4.98 Å². The predicted molar refractivity (Wildman–Crippen MR) is 88.4 cm³/mol. The van der Waals surface area contributed by atoms with Crippen LogP contribution in [0.15, 0.2) is 24.4 Å². The number of aromatic nitrogens is 1. The minimum absolute atomic E-state index is 0.281. The Labute approximate surface area is 130 Å². The molecule has 1 aliphatic rings. The van der Waals surface area contributed by atoms with E-state index >= 15 is 0 Å². The van der Waals surface area contributed by atoms with E-state index in [1.165, 1.54) is 30.6 Å². The summed E-state index contributed by atoms with van der Waals surface area (Å²) < 4.78 is 5.58. The van der Waals surface area contributed by atoms with Gasteiger partial charge in [0.25, 0.3) is 0 Å². The first-order chi connectivity index (χ1) is 10.3. The standard InChI is InChI=1S/C17H22N2OS/c1-3-20-17-14(8-6-10-18-17)19-12(2)16-11-13-7-4-5-9-15(13)21-16/h6,8,10-12,19H,3-5,7,9H2,1-2H3. The maximum absolute atomic E-state index is 5.58. The van der Waals surface area contributed by atoms with E-state index < -0.39 is 0 Å². The molecule has 1 N–H and O–H groups in total. The fraction of sp³-hybridized carbons (Fsp3) is 0.471. The minimum atomic E-state index is 0.281. The van der Waals surface area contributed by atoms with Gasteiger partial charge in [0.1, 0.15) is 0 Å². The highest BCUT2D eigenvalue weighted by molar-refractivity contribution is 7.12. The number of thiophene rings is 1. The Kier molecular flexibility index (Phi) is 4.44. The third-order valence-electron chi connectivity index (χ3n) is 3.87. The molecule has 112 valence electrons. The van der Waals surface area contributed by atoms with Gasteiger partial charge in [-0.05, 0) is 63.3 Å². The first kappa shape index (κ1) is 14.4. The predicted octanol–water partition coefficient (Wildman–Crippen LogP) is 4.59. The van der Waals surface area contributed by atoms with Crippen molar-refractivity contribution in [1.82, 2.24) is 4.98 Å². The number of ether oxygens (including phenoxy) is 1. The van der Waals surface area contributed by atoms with Gasteiger partial charge in [-0.2, -0.15) is 0 Å².